The van der Waals surface area contributed by atoms with Gasteiger partial charge in [0.15, 0.2) is 0 Å². The molecule has 0 atom stereocenters. The van der Waals surface area contributed by atoms with Gasteiger partial charge in [0.05, 0.1) is 0 Å². The van der Waals surface area contributed by atoms with Gasteiger partial charge in [-0.25, -0.2) is 9.59 Å². The number of rotatable bonds is 4. The third-order valence-corrected chi connectivity index (χ3v) is 2.25. The molecule has 5 heteroatoms. The number of carbonyl (C=O) groups is 2. The van der Waals surface area contributed by atoms with E-state index in [4.69, 9.17) is 10.2 Å². The van der Waals surface area contributed by atoms with Crippen molar-refractivity contribution < 1.29 is 19.8 Å². The van der Waals surface area contributed by atoms with Gasteiger partial charge in [-0.05, 0) is 12.8 Å². The van der Waals surface area contributed by atoms with Crippen molar-refractivity contribution in [1.82, 2.24) is 5.32 Å². The Hall–Kier alpha value is -1.10. The van der Waals surface area contributed by atoms with Crippen molar-refractivity contribution in [2.24, 2.45) is 0 Å². The zero-order valence-electron chi connectivity index (χ0n) is 7.19. The van der Waals surface area contributed by atoms with E-state index in [-0.39, 0.29) is 6.04 Å². The summed E-state index contributed by atoms with van der Waals surface area (Å²) >= 11 is 0. The molecule has 74 valence electrons. The van der Waals surface area contributed by atoms with Crippen molar-refractivity contribution in [3.05, 3.63) is 0 Å². The second kappa shape index (κ2) is 4.23. The Labute approximate surface area is 75.7 Å². The Kier molecular flexibility index (Phi) is 3.25. The van der Waals surface area contributed by atoms with Gasteiger partial charge in [0, 0.05) is 6.04 Å². The second-order valence-electron chi connectivity index (χ2n) is 3.26. The first-order valence-electron chi connectivity index (χ1n) is 4.33. The molecule has 0 aromatic rings. The number of hydrogen-bond acceptors (Lipinski definition) is 3. The van der Waals surface area contributed by atoms with Crippen LogP contribution in [0.3, 0.4) is 0 Å². The van der Waals surface area contributed by atoms with Gasteiger partial charge in [-0.1, -0.05) is 12.8 Å². The normalized spacial score (nSPS) is 17.9. The lowest BCUT2D eigenvalue weighted by molar-refractivity contribution is -0.151. The lowest BCUT2D eigenvalue weighted by atomic mass is 10.2. The molecule has 13 heavy (non-hydrogen) atoms. The molecule has 0 heterocycles. The fourth-order valence-corrected chi connectivity index (χ4v) is 1.58. The number of nitrogens with one attached hydrogen (secondary N) is 1. The molecule has 0 radical (unpaired) electrons. The third-order valence-electron chi connectivity index (χ3n) is 2.25. The topological polar surface area (TPSA) is 86.6 Å². The Bertz CT molecular complexity index is 196. The van der Waals surface area contributed by atoms with Gasteiger partial charge in [-0.2, -0.15) is 0 Å². The molecule has 1 aliphatic rings. The van der Waals surface area contributed by atoms with E-state index in [1.807, 2.05) is 0 Å². The highest BCUT2D eigenvalue weighted by Crippen LogP contribution is 2.18. The van der Waals surface area contributed by atoms with Crippen LogP contribution in [0.15, 0.2) is 0 Å². The predicted molar refractivity (Wildman–Crippen MR) is 44.5 cm³/mol. The van der Waals surface area contributed by atoms with Crippen LogP contribution in [0.5, 0.6) is 0 Å². The molecule has 1 rings (SSSR count). The van der Waals surface area contributed by atoms with E-state index in [0.717, 1.165) is 25.7 Å². The van der Waals surface area contributed by atoms with E-state index in [1.54, 1.807) is 0 Å². The van der Waals surface area contributed by atoms with Crippen LogP contribution in [-0.4, -0.2) is 34.2 Å². The van der Waals surface area contributed by atoms with Crippen molar-refractivity contribution in [2.45, 2.75) is 37.8 Å². The summed E-state index contributed by atoms with van der Waals surface area (Å²) in [5.74, 6) is -2.64. The molecule has 5 nitrogen and oxygen atoms in total. The lowest BCUT2D eigenvalue weighted by Crippen LogP contribution is -2.47. The molecular weight excluding hydrogens is 174 g/mol. The Morgan fingerprint density at radius 1 is 1.15 bits per heavy atom. The molecule has 0 aliphatic heterocycles. The van der Waals surface area contributed by atoms with Crippen molar-refractivity contribution >= 4 is 11.9 Å². The summed E-state index contributed by atoms with van der Waals surface area (Å²) in [6, 6.07) is -1.40. The minimum atomic E-state index is -1.46. The van der Waals surface area contributed by atoms with Crippen LogP contribution >= 0.6 is 0 Å². The second-order valence-corrected chi connectivity index (χ2v) is 3.26. The Balaban J connectivity index is 2.46. The Morgan fingerprint density at radius 3 is 2.00 bits per heavy atom. The van der Waals surface area contributed by atoms with Crippen LogP contribution in [0.2, 0.25) is 0 Å². The molecule has 1 fully saturated rings. The maximum atomic E-state index is 10.5. The van der Waals surface area contributed by atoms with E-state index in [9.17, 15) is 9.59 Å². The summed E-state index contributed by atoms with van der Waals surface area (Å²) in [4.78, 5) is 21.0. The molecule has 3 N–H and O–H groups in total. The number of aliphatic carboxylic acids is 2. The van der Waals surface area contributed by atoms with Crippen LogP contribution in [0.25, 0.3) is 0 Å². The first-order valence-corrected chi connectivity index (χ1v) is 4.33. The molecule has 0 spiro atoms. The quantitative estimate of drug-likeness (QED) is 0.541. The summed E-state index contributed by atoms with van der Waals surface area (Å²) in [6.07, 6.45) is 3.83. The molecular formula is C8H13NO4. The van der Waals surface area contributed by atoms with Gasteiger partial charge in [0.1, 0.15) is 0 Å². The fraction of sp³-hybridized carbons (Fsp3) is 0.750. The first-order chi connectivity index (χ1) is 6.11. The lowest BCUT2D eigenvalue weighted by Gasteiger charge is -2.15. The summed E-state index contributed by atoms with van der Waals surface area (Å²) < 4.78 is 0. The molecule has 1 aliphatic carbocycles. The van der Waals surface area contributed by atoms with Crippen molar-refractivity contribution in [3.63, 3.8) is 0 Å². The molecule has 0 saturated heterocycles. The maximum absolute atomic E-state index is 10.5. The largest absolute Gasteiger partial charge is 0.480 e. The maximum Gasteiger partial charge on any atom is 0.332 e. The van der Waals surface area contributed by atoms with Crippen LogP contribution in [0.1, 0.15) is 25.7 Å². The van der Waals surface area contributed by atoms with Crippen LogP contribution < -0.4 is 5.32 Å². The number of carboxylic acids is 2. The molecule has 0 amide bonds. The first kappa shape index (κ1) is 9.98. The predicted octanol–water partition coefficient (Wildman–Crippen LogP) is 0.0564. The van der Waals surface area contributed by atoms with Crippen molar-refractivity contribution in [3.8, 4) is 0 Å². The molecule has 0 bridgehead atoms. The SMILES string of the molecule is O=C(O)C(NC1CCCC1)C(=O)O. The van der Waals surface area contributed by atoms with Crippen LogP contribution in [0, 0.1) is 0 Å². The monoisotopic (exact) mass is 187 g/mol. The van der Waals surface area contributed by atoms with E-state index in [2.05, 4.69) is 5.32 Å². The van der Waals surface area contributed by atoms with Gasteiger partial charge in [0.25, 0.3) is 0 Å². The fourth-order valence-electron chi connectivity index (χ4n) is 1.58. The average molecular weight is 187 g/mol. The van der Waals surface area contributed by atoms with Gasteiger partial charge >= 0.3 is 11.9 Å². The van der Waals surface area contributed by atoms with E-state index >= 15 is 0 Å². The zero-order chi connectivity index (χ0) is 9.84. The molecule has 0 aromatic carbocycles. The van der Waals surface area contributed by atoms with Crippen molar-refractivity contribution in [1.29, 1.82) is 0 Å². The summed E-state index contributed by atoms with van der Waals surface area (Å²) in [5.41, 5.74) is 0. The van der Waals surface area contributed by atoms with E-state index < -0.39 is 18.0 Å². The highest BCUT2D eigenvalue weighted by molar-refractivity contribution is 5.97. The average Bonchev–Trinajstić information content (AvgIpc) is 2.50. The highest BCUT2D eigenvalue weighted by Gasteiger charge is 2.29. The number of carboxylic acid groups (broad SMARTS) is 2. The van der Waals surface area contributed by atoms with Crippen LogP contribution in [0.4, 0.5) is 0 Å². The zero-order valence-corrected chi connectivity index (χ0v) is 7.19. The van der Waals surface area contributed by atoms with E-state index in [1.165, 1.54) is 0 Å². The van der Waals surface area contributed by atoms with Gasteiger partial charge in [0.2, 0.25) is 6.04 Å². The van der Waals surface area contributed by atoms with E-state index in [0.29, 0.717) is 0 Å². The van der Waals surface area contributed by atoms with Crippen LogP contribution in [-0.2, 0) is 9.59 Å². The van der Waals surface area contributed by atoms with Gasteiger partial charge < -0.3 is 10.2 Å². The summed E-state index contributed by atoms with van der Waals surface area (Å²) in [7, 11) is 0. The minimum Gasteiger partial charge on any atom is -0.480 e. The molecule has 1 saturated carbocycles. The smallest absolute Gasteiger partial charge is 0.332 e. The molecule has 0 aromatic heterocycles. The standard InChI is InChI=1S/C8H13NO4/c10-7(11)6(8(12)13)9-5-3-1-2-4-5/h5-6,9H,1-4H2,(H,10,11)(H,12,13). The van der Waals surface area contributed by atoms with Gasteiger partial charge in [-0.3, -0.25) is 5.32 Å². The minimum absolute atomic E-state index is 0.0530. The Morgan fingerprint density at radius 2 is 1.62 bits per heavy atom. The van der Waals surface area contributed by atoms with Gasteiger partial charge in [-0.15, -0.1) is 0 Å². The molecule has 0 unspecified atom stereocenters. The third kappa shape index (κ3) is 2.69. The highest BCUT2D eigenvalue weighted by atomic mass is 16.4. The summed E-state index contributed by atoms with van der Waals surface area (Å²) in [6.45, 7) is 0. The number of hydrogen-bond donors (Lipinski definition) is 3. The summed E-state index contributed by atoms with van der Waals surface area (Å²) in [5, 5.41) is 19.7. The van der Waals surface area contributed by atoms with Crippen molar-refractivity contribution in [2.75, 3.05) is 0 Å².